The normalized spacial score (nSPS) is 12.2. The molecule has 1 amide bonds. The van der Waals surface area contributed by atoms with Crippen LogP contribution in [0.2, 0.25) is 0 Å². The fraction of sp³-hybridized carbons (Fsp3) is 0.625. The molecule has 0 fully saturated rings. The van der Waals surface area contributed by atoms with Crippen LogP contribution in [-0.2, 0) is 11.3 Å². The summed E-state index contributed by atoms with van der Waals surface area (Å²) >= 11 is 1.27. The summed E-state index contributed by atoms with van der Waals surface area (Å²) in [6.07, 6.45) is 4.57. The van der Waals surface area contributed by atoms with Gasteiger partial charge < -0.3 is 14.6 Å². The molecule has 172 valence electrons. The molecule has 6 nitrogen and oxygen atoms in total. The Labute approximate surface area is 190 Å². The van der Waals surface area contributed by atoms with Gasteiger partial charge in [0.1, 0.15) is 0 Å². The summed E-state index contributed by atoms with van der Waals surface area (Å²) in [7, 11) is 0. The third-order valence-corrected chi connectivity index (χ3v) is 6.29. The van der Waals surface area contributed by atoms with Gasteiger partial charge in [0.2, 0.25) is 5.01 Å². The Kier molecular flexibility index (Phi) is 9.75. The lowest BCUT2D eigenvalue weighted by molar-refractivity contribution is 0.0526. The number of carbonyl (C=O) groups excluding carboxylic acids is 2. The molecule has 0 spiro atoms. The van der Waals surface area contributed by atoms with Crippen LogP contribution in [0, 0.1) is 18.8 Å². The molecule has 1 atom stereocenters. The number of thiazole rings is 1. The van der Waals surface area contributed by atoms with Crippen LogP contribution in [-0.4, -0.2) is 34.6 Å². The largest absolute Gasteiger partial charge is 0.461 e. The van der Waals surface area contributed by atoms with E-state index >= 15 is 0 Å². The fourth-order valence-electron chi connectivity index (χ4n) is 3.64. The van der Waals surface area contributed by atoms with Gasteiger partial charge in [-0.25, -0.2) is 9.78 Å². The van der Waals surface area contributed by atoms with Crippen LogP contribution in [0.5, 0.6) is 0 Å². The Bertz CT molecular complexity index is 870. The van der Waals surface area contributed by atoms with Crippen molar-refractivity contribution in [1.29, 1.82) is 0 Å². The average molecular weight is 448 g/mol. The van der Waals surface area contributed by atoms with E-state index in [1.807, 2.05) is 18.4 Å². The number of unbranched alkanes of at least 4 members (excludes halogenated alkanes) is 1. The average Bonchev–Trinajstić information content (AvgIpc) is 3.34. The van der Waals surface area contributed by atoms with Gasteiger partial charge in [-0.1, -0.05) is 47.0 Å². The molecule has 0 aliphatic heterocycles. The monoisotopic (exact) mass is 447 g/mol. The number of carbonyl (C=O) groups is 2. The molecule has 2 aromatic rings. The minimum absolute atomic E-state index is 0.0444. The maximum atomic E-state index is 13.0. The summed E-state index contributed by atoms with van der Waals surface area (Å²) in [6.45, 7) is 14.2. The predicted molar refractivity (Wildman–Crippen MR) is 127 cm³/mol. The summed E-state index contributed by atoms with van der Waals surface area (Å²) in [5.74, 6) is 0.458. The van der Waals surface area contributed by atoms with Crippen molar-refractivity contribution in [3.8, 4) is 11.4 Å². The zero-order valence-electron chi connectivity index (χ0n) is 19.8. The number of aromatic nitrogens is 2. The van der Waals surface area contributed by atoms with E-state index in [1.54, 1.807) is 6.92 Å². The van der Waals surface area contributed by atoms with Gasteiger partial charge in [0, 0.05) is 24.2 Å². The Morgan fingerprint density at radius 3 is 2.61 bits per heavy atom. The van der Waals surface area contributed by atoms with E-state index in [1.165, 1.54) is 24.2 Å². The minimum atomic E-state index is -0.409. The highest BCUT2D eigenvalue weighted by Crippen LogP contribution is 2.29. The first kappa shape index (κ1) is 25.1. The van der Waals surface area contributed by atoms with Crippen molar-refractivity contribution >= 4 is 23.2 Å². The molecule has 1 unspecified atom stereocenters. The number of nitrogens with one attached hydrogen (secondary N) is 1. The minimum Gasteiger partial charge on any atom is -0.461 e. The highest BCUT2D eigenvalue weighted by Gasteiger charge is 2.22. The molecular formula is C24H37N3O3S. The zero-order valence-corrected chi connectivity index (χ0v) is 20.6. The quantitative estimate of drug-likeness (QED) is 0.424. The molecule has 31 heavy (non-hydrogen) atoms. The highest BCUT2D eigenvalue weighted by molar-refractivity contribution is 7.11. The van der Waals surface area contributed by atoms with Gasteiger partial charge in [-0.2, -0.15) is 0 Å². The first-order valence-electron chi connectivity index (χ1n) is 11.4. The van der Waals surface area contributed by atoms with Crippen LogP contribution >= 0.6 is 11.3 Å². The second-order valence-electron chi connectivity index (χ2n) is 8.42. The number of amides is 1. The van der Waals surface area contributed by atoms with Gasteiger partial charge in [-0.05, 0) is 38.2 Å². The molecule has 7 heteroatoms. The van der Waals surface area contributed by atoms with Gasteiger partial charge in [0.05, 0.1) is 23.6 Å². The number of esters is 1. The van der Waals surface area contributed by atoms with Gasteiger partial charge >= 0.3 is 5.97 Å². The third-order valence-electron chi connectivity index (χ3n) is 5.47. The molecule has 0 bridgehead atoms. The first-order valence-corrected chi connectivity index (χ1v) is 12.3. The van der Waals surface area contributed by atoms with E-state index in [0.29, 0.717) is 41.3 Å². The number of ether oxygens (including phenoxy) is 1. The molecule has 0 aliphatic rings. The SMILES string of the molecule is CCCCC(CC)CNC(=O)c1cc(-c2csc(C(=O)OCC)n2)n(CC(C)C)c1C. The van der Waals surface area contributed by atoms with Crippen molar-refractivity contribution in [3.05, 3.63) is 27.7 Å². The molecule has 2 heterocycles. The van der Waals surface area contributed by atoms with Crippen molar-refractivity contribution in [2.75, 3.05) is 13.2 Å². The smallest absolute Gasteiger partial charge is 0.367 e. The van der Waals surface area contributed by atoms with Crippen LogP contribution < -0.4 is 5.32 Å². The van der Waals surface area contributed by atoms with Crippen LogP contribution in [0.15, 0.2) is 11.4 Å². The molecule has 0 radical (unpaired) electrons. The molecule has 0 aliphatic carbocycles. The van der Waals surface area contributed by atoms with E-state index in [4.69, 9.17) is 4.74 Å². The van der Waals surface area contributed by atoms with Gasteiger partial charge in [0.25, 0.3) is 5.91 Å². The number of hydrogen-bond donors (Lipinski definition) is 1. The summed E-state index contributed by atoms with van der Waals surface area (Å²) in [6, 6.07) is 1.91. The summed E-state index contributed by atoms with van der Waals surface area (Å²) in [5, 5.41) is 5.33. The molecule has 0 aromatic carbocycles. The topological polar surface area (TPSA) is 73.2 Å². The Balaban J connectivity index is 2.29. The van der Waals surface area contributed by atoms with Crippen molar-refractivity contribution in [1.82, 2.24) is 14.9 Å². The Morgan fingerprint density at radius 1 is 1.26 bits per heavy atom. The van der Waals surface area contributed by atoms with Gasteiger partial charge in [-0.15, -0.1) is 11.3 Å². The summed E-state index contributed by atoms with van der Waals surface area (Å²) < 4.78 is 7.21. The Morgan fingerprint density at radius 2 is 2.00 bits per heavy atom. The zero-order chi connectivity index (χ0) is 23.0. The van der Waals surface area contributed by atoms with Crippen molar-refractivity contribution in [3.63, 3.8) is 0 Å². The van der Waals surface area contributed by atoms with Crippen LogP contribution in [0.3, 0.4) is 0 Å². The van der Waals surface area contributed by atoms with Crippen molar-refractivity contribution < 1.29 is 14.3 Å². The van der Waals surface area contributed by atoms with Gasteiger partial charge in [0.15, 0.2) is 0 Å². The summed E-state index contributed by atoms with van der Waals surface area (Å²) in [4.78, 5) is 29.6. The number of rotatable bonds is 12. The van der Waals surface area contributed by atoms with Crippen molar-refractivity contribution in [2.45, 2.75) is 73.8 Å². The second kappa shape index (κ2) is 12.0. The fourth-order valence-corrected chi connectivity index (χ4v) is 4.34. The maximum absolute atomic E-state index is 13.0. The van der Waals surface area contributed by atoms with E-state index in [9.17, 15) is 9.59 Å². The molecule has 0 saturated heterocycles. The highest BCUT2D eigenvalue weighted by atomic mass is 32.1. The molecule has 2 aromatic heterocycles. The lowest BCUT2D eigenvalue weighted by Crippen LogP contribution is -2.29. The molecule has 1 N–H and O–H groups in total. The maximum Gasteiger partial charge on any atom is 0.367 e. The third kappa shape index (κ3) is 6.66. The first-order chi connectivity index (χ1) is 14.8. The number of nitrogens with zero attached hydrogens (tertiary/aromatic N) is 2. The van der Waals surface area contributed by atoms with Crippen LogP contribution in [0.1, 0.15) is 86.2 Å². The summed E-state index contributed by atoms with van der Waals surface area (Å²) in [5.41, 5.74) is 3.16. The lowest BCUT2D eigenvalue weighted by Gasteiger charge is -2.16. The second-order valence-corrected chi connectivity index (χ2v) is 9.28. The van der Waals surface area contributed by atoms with Crippen molar-refractivity contribution in [2.24, 2.45) is 11.8 Å². The van der Waals surface area contributed by atoms with Gasteiger partial charge in [-0.3, -0.25) is 4.79 Å². The lowest BCUT2D eigenvalue weighted by atomic mass is 9.99. The predicted octanol–water partition coefficient (Wildman–Crippen LogP) is 5.70. The molecule has 2 rings (SSSR count). The van der Waals surface area contributed by atoms with Crippen LogP contribution in [0.25, 0.3) is 11.4 Å². The van der Waals surface area contributed by atoms with E-state index < -0.39 is 5.97 Å². The Hall–Kier alpha value is -2.15. The van der Waals surface area contributed by atoms with E-state index in [-0.39, 0.29) is 5.91 Å². The van der Waals surface area contributed by atoms with E-state index in [2.05, 4.69) is 42.6 Å². The molecular weight excluding hydrogens is 410 g/mol. The number of hydrogen-bond acceptors (Lipinski definition) is 5. The van der Waals surface area contributed by atoms with Crippen LogP contribution in [0.4, 0.5) is 0 Å². The van der Waals surface area contributed by atoms with E-state index in [0.717, 1.165) is 30.8 Å². The molecule has 0 saturated carbocycles. The standard InChI is InChI=1S/C24H37N3O3S/c1-7-10-11-18(8-2)13-25-22(28)19-12-21(27(17(19)6)14-16(4)5)20-15-31-23(26-20)24(29)30-9-3/h12,15-16,18H,7-11,13-14H2,1-6H3,(H,25,28).